The molecule has 1 aromatic heterocycles. The number of aromatic amines is 1. The largest absolute Gasteiger partial charge is 0.344 e. The van der Waals surface area contributed by atoms with Crippen LogP contribution in [-0.2, 0) is 6.42 Å². The highest BCUT2D eigenvalue weighted by atomic mass is 35.5. The van der Waals surface area contributed by atoms with E-state index in [4.69, 9.17) is 0 Å². The molecule has 0 unspecified atom stereocenters. The van der Waals surface area contributed by atoms with Gasteiger partial charge in [-0.1, -0.05) is 26.2 Å². The number of nitrogens with one attached hydrogen (secondary N) is 1. The molecule has 1 rings (SSSR count). The van der Waals surface area contributed by atoms with Crippen LogP contribution in [0.15, 0.2) is 17.2 Å². The van der Waals surface area contributed by atoms with Gasteiger partial charge in [0.2, 0.25) is 0 Å². The van der Waals surface area contributed by atoms with Gasteiger partial charge in [0.05, 0.1) is 0 Å². The first-order valence-corrected chi connectivity index (χ1v) is 4.86. The molecule has 0 aliphatic heterocycles. The number of aryl methyl sites for hydroxylation is 1. The Bertz CT molecular complexity index is 278. The zero-order valence-corrected chi connectivity index (χ0v) is 9.27. The molecule has 1 heterocycles. The second kappa shape index (κ2) is 7.56. The van der Waals surface area contributed by atoms with Gasteiger partial charge in [-0.05, 0) is 18.4 Å². The summed E-state index contributed by atoms with van der Waals surface area (Å²) in [4.78, 5) is 16.9. The standard InChI is InChI=1S/C10H16N2O.ClH/c1-2-3-4-5-6-9-7-11-10(13)12-8-9;/h7-8H,2-6H2,1H3,(H,11,12,13);1H. The van der Waals surface area contributed by atoms with E-state index in [2.05, 4.69) is 16.9 Å². The molecule has 4 heteroatoms. The number of rotatable bonds is 5. The fourth-order valence-corrected chi connectivity index (χ4v) is 1.26. The van der Waals surface area contributed by atoms with Crippen LogP contribution >= 0.6 is 12.4 Å². The molecule has 0 atom stereocenters. The van der Waals surface area contributed by atoms with Crippen molar-refractivity contribution in [2.24, 2.45) is 0 Å². The first kappa shape index (κ1) is 13.2. The Morgan fingerprint density at radius 1 is 1.36 bits per heavy atom. The van der Waals surface area contributed by atoms with Crippen molar-refractivity contribution in [3.63, 3.8) is 0 Å². The molecule has 0 aliphatic rings. The monoisotopic (exact) mass is 216 g/mol. The van der Waals surface area contributed by atoms with Crippen LogP contribution in [0.3, 0.4) is 0 Å². The predicted molar refractivity (Wildman–Crippen MR) is 60.0 cm³/mol. The van der Waals surface area contributed by atoms with Gasteiger partial charge in [0, 0.05) is 12.4 Å². The van der Waals surface area contributed by atoms with E-state index in [-0.39, 0.29) is 18.1 Å². The first-order valence-electron chi connectivity index (χ1n) is 4.86. The highest BCUT2D eigenvalue weighted by Gasteiger charge is 1.93. The molecule has 0 aliphatic carbocycles. The van der Waals surface area contributed by atoms with Crippen molar-refractivity contribution in [2.45, 2.75) is 39.0 Å². The molecule has 3 nitrogen and oxygen atoms in total. The number of aromatic nitrogens is 2. The van der Waals surface area contributed by atoms with Crippen LogP contribution in [0.1, 0.15) is 38.2 Å². The van der Waals surface area contributed by atoms with Gasteiger partial charge in [0.25, 0.3) is 0 Å². The second-order valence-electron chi connectivity index (χ2n) is 3.24. The molecule has 14 heavy (non-hydrogen) atoms. The van der Waals surface area contributed by atoms with Crippen molar-refractivity contribution >= 4 is 12.4 Å². The quantitative estimate of drug-likeness (QED) is 0.768. The Kier molecular flexibility index (Phi) is 7.11. The molecule has 0 bridgehead atoms. The fraction of sp³-hybridized carbons (Fsp3) is 0.600. The topological polar surface area (TPSA) is 45.8 Å². The van der Waals surface area contributed by atoms with Gasteiger partial charge in [-0.3, -0.25) is 0 Å². The van der Waals surface area contributed by atoms with Crippen LogP contribution in [0.25, 0.3) is 0 Å². The maximum Gasteiger partial charge on any atom is 0.344 e. The van der Waals surface area contributed by atoms with Crippen molar-refractivity contribution in [2.75, 3.05) is 0 Å². The van der Waals surface area contributed by atoms with Gasteiger partial charge >= 0.3 is 5.69 Å². The predicted octanol–water partition coefficient (Wildman–Crippen LogP) is 2.31. The average molecular weight is 217 g/mol. The second-order valence-corrected chi connectivity index (χ2v) is 3.24. The van der Waals surface area contributed by atoms with Gasteiger partial charge in [-0.25, -0.2) is 9.78 Å². The summed E-state index contributed by atoms with van der Waals surface area (Å²) >= 11 is 0. The molecule has 0 amide bonds. The molecular formula is C10H17ClN2O. The van der Waals surface area contributed by atoms with Crippen molar-refractivity contribution in [1.29, 1.82) is 0 Å². The van der Waals surface area contributed by atoms with Crippen LogP contribution in [0.5, 0.6) is 0 Å². The molecule has 0 radical (unpaired) electrons. The Morgan fingerprint density at radius 3 is 2.71 bits per heavy atom. The number of hydrogen-bond donors (Lipinski definition) is 1. The summed E-state index contributed by atoms with van der Waals surface area (Å²) < 4.78 is 0. The van der Waals surface area contributed by atoms with Crippen LogP contribution in [-0.4, -0.2) is 9.97 Å². The Morgan fingerprint density at radius 2 is 2.14 bits per heavy atom. The summed E-state index contributed by atoms with van der Waals surface area (Å²) in [5.74, 6) is 0. The third-order valence-electron chi connectivity index (χ3n) is 2.05. The molecule has 1 N–H and O–H groups in total. The summed E-state index contributed by atoms with van der Waals surface area (Å²) in [6.45, 7) is 2.20. The third-order valence-corrected chi connectivity index (χ3v) is 2.05. The van der Waals surface area contributed by atoms with Crippen molar-refractivity contribution in [1.82, 2.24) is 9.97 Å². The van der Waals surface area contributed by atoms with E-state index in [1.54, 1.807) is 12.4 Å². The molecule has 1 aromatic rings. The van der Waals surface area contributed by atoms with E-state index >= 15 is 0 Å². The zero-order chi connectivity index (χ0) is 9.52. The molecular weight excluding hydrogens is 200 g/mol. The minimum atomic E-state index is -0.266. The third kappa shape index (κ3) is 5.02. The summed E-state index contributed by atoms with van der Waals surface area (Å²) in [6, 6.07) is 0. The van der Waals surface area contributed by atoms with Crippen LogP contribution in [0, 0.1) is 0 Å². The van der Waals surface area contributed by atoms with Gasteiger partial charge in [-0.15, -0.1) is 12.4 Å². The van der Waals surface area contributed by atoms with E-state index in [9.17, 15) is 4.79 Å². The maximum absolute atomic E-state index is 10.6. The number of H-pyrrole nitrogens is 1. The maximum atomic E-state index is 10.6. The molecule has 0 fully saturated rings. The summed E-state index contributed by atoms with van der Waals surface area (Å²) in [6.07, 6.45) is 9.41. The lowest BCUT2D eigenvalue weighted by atomic mass is 10.1. The average Bonchev–Trinajstić information content (AvgIpc) is 2.15. The van der Waals surface area contributed by atoms with Crippen molar-refractivity contribution in [3.05, 3.63) is 28.4 Å². The minimum absolute atomic E-state index is 0. The van der Waals surface area contributed by atoms with Gasteiger partial charge < -0.3 is 4.98 Å². The van der Waals surface area contributed by atoms with Crippen LogP contribution in [0.2, 0.25) is 0 Å². The minimum Gasteiger partial charge on any atom is -0.312 e. The van der Waals surface area contributed by atoms with Gasteiger partial charge in [0.1, 0.15) is 0 Å². The molecule has 80 valence electrons. The lowest BCUT2D eigenvalue weighted by molar-refractivity contribution is 0.664. The normalized spacial score (nSPS) is 9.50. The summed E-state index contributed by atoms with van der Waals surface area (Å²) in [5, 5.41) is 0. The number of halogens is 1. The molecule has 0 saturated carbocycles. The van der Waals surface area contributed by atoms with Gasteiger partial charge in [-0.2, -0.15) is 0 Å². The molecule has 0 aromatic carbocycles. The first-order chi connectivity index (χ1) is 6.33. The van der Waals surface area contributed by atoms with E-state index in [1.165, 1.54) is 25.7 Å². The van der Waals surface area contributed by atoms with Gasteiger partial charge in [0.15, 0.2) is 0 Å². The SMILES string of the molecule is CCCCCCc1cnc(=O)[nH]c1.Cl. The van der Waals surface area contributed by atoms with E-state index in [0.717, 1.165) is 12.0 Å². The molecule has 0 spiro atoms. The van der Waals surface area contributed by atoms with E-state index < -0.39 is 0 Å². The fourth-order valence-electron chi connectivity index (χ4n) is 1.26. The summed E-state index contributed by atoms with van der Waals surface area (Å²) in [5.41, 5.74) is 0.855. The van der Waals surface area contributed by atoms with Crippen LogP contribution in [0.4, 0.5) is 0 Å². The van der Waals surface area contributed by atoms with Crippen LogP contribution < -0.4 is 5.69 Å². The lowest BCUT2D eigenvalue weighted by Gasteiger charge is -1.98. The highest BCUT2D eigenvalue weighted by Crippen LogP contribution is 2.04. The summed E-state index contributed by atoms with van der Waals surface area (Å²) in [7, 11) is 0. The number of hydrogen-bond acceptors (Lipinski definition) is 2. The van der Waals surface area contributed by atoms with Crippen molar-refractivity contribution < 1.29 is 0 Å². The number of nitrogens with zero attached hydrogens (tertiary/aromatic N) is 1. The zero-order valence-electron chi connectivity index (χ0n) is 8.45. The highest BCUT2D eigenvalue weighted by molar-refractivity contribution is 5.85. The molecule has 0 saturated heterocycles. The Balaban J connectivity index is 0.00000169. The van der Waals surface area contributed by atoms with Crippen molar-refractivity contribution in [3.8, 4) is 0 Å². The van der Waals surface area contributed by atoms with E-state index in [1.807, 2.05) is 0 Å². The Labute approximate surface area is 90.4 Å². The lowest BCUT2D eigenvalue weighted by Crippen LogP contribution is -2.09. The smallest absolute Gasteiger partial charge is 0.312 e. The van der Waals surface area contributed by atoms with E-state index in [0.29, 0.717) is 0 Å². The Hall–Kier alpha value is -0.830. The number of unbranched alkanes of at least 4 members (excludes halogenated alkanes) is 3.